The molecular formula is C35H37Cl2N3O4S. The van der Waals surface area contributed by atoms with E-state index in [1.807, 2.05) is 64.1 Å². The monoisotopic (exact) mass is 665 g/mol. The van der Waals surface area contributed by atoms with Crippen LogP contribution in [0.3, 0.4) is 0 Å². The molecule has 1 unspecified atom stereocenters. The fraction of sp³-hybridized carbons (Fsp3) is 0.257. The Morgan fingerprint density at radius 3 is 2.07 bits per heavy atom. The summed E-state index contributed by atoms with van der Waals surface area (Å²) in [5.74, 6) is -0.909. The Bertz CT molecular complexity index is 1750. The molecule has 236 valence electrons. The smallest absolute Gasteiger partial charge is 0.264 e. The van der Waals surface area contributed by atoms with Crippen molar-refractivity contribution in [3.63, 3.8) is 0 Å². The Labute approximate surface area is 275 Å². The molecule has 0 spiro atoms. The molecule has 4 rings (SSSR count). The summed E-state index contributed by atoms with van der Waals surface area (Å²) in [5, 5.41) is 3.61. The van der Waals surface area contributed by atoms with E-state index in [1.54, 1.807) is 48.5 Å². The van der Waals surface area contributed by atoms with E-state index >= 15 is 0 Å². The van der Waals surface area contributed by atoms with Crippen molar-refractivity contribution in [3.8, 4) is 0 Å². The van der Waals surface area contributed by atoms with E-state index in [2.05, 4.69) is 5.32 Å². The predicted octanol–water partition coefficient (Wildman–Crippen LogP) is 6.97. The minimum Gasteiger partial charge on any atom is -0.352 e. The van der Waals surface area contributed by atoms with Crippen molar-refractivity contribution in [2.24, 2.45) is 0 Å². The van der Waals surface area contributed by atoms with Crippen LogP contribution < -0.4 is 9.62 Å². The van der Waals surface area contributed by atoms with Gasteiger partial charge in [0.15, 0.2) is 0 Å². The molecule has 0 heterocycles. The first-order chi connectivity index (χ1) is 21.4. The van der Waals surface area contributed by atoms with Crippen LogP contribution >= 0.6 is 23.2 Å². The molecule has 1 atom stereocenters. The summed E-state index contributed by atoms with van der Waals surface area (Å²) >= 11 is 12.5. The van der Waals surface area contributed by atoms with Crippen LogP contribution in [0.5, 0.6) is 0 Å². The number of carbonyl (C=O) groups is 2. The lowest BCUT2D eigenvalue weighted by Crippen LogP contribution is -2.54. The third kappa shape index (κ3) is 8.45. The van der Waals surface area contributed by atoms with Gasteiger partial charge in [0.1, 0.15) is 12.6 Å². The molecule has 45 heavy (non-hydrogen) atoms. The quantitative estimate of drug-likeness (QED) is 0.177. The second-order valence-corrected chi connectivity index (χ2v) is 13.9. The lowest BCUT2D eigenvalue weighted by atomic mass is 10.0. The van der Waals surface area contributed by atoms with Crippen LogP contribution in [-0.4, -0.2) is 43.8 Å². The third-order valence-corrected chi connectivity index (χ3v) is 10.0. The van der Waals surface area contributed by atoms with Gasteiger partial charge in [-0.05, 0) is 80.3 Å². The average Bonchev–Trinajstić information content (AvgIpc) is 3.01. The Morgan fingerprint density at radius 2 is 1.44 bits per heavy atom. The SMILES string of the molecule is Cc1cccc(N(CC(=O)N(Cc2ccc(Cl)c(Cl)c2)C(Cc2ccccc2)C(=O)NC(C)C)S(=O)(=O)c2ccccc2)c1C. The third-order valence-electron chi connectivity index (χ3n) is 7.49. The number of nitrogens with zero attached hydrogens (tertiary/aromatic N) is 2. The van der Waals surface area contributed by atoms with Gasteiger partial charge in [0.25, 0.3) is 10.0 Å². The number of hydrogen-bond donors (Lipinski definition) is 1. The number of carbonyl (C=O) groups excluding carboxylic acids is 2. The molecule has 0 aliphatic rings. The van der Waals surface area contributed by atoms with Crippen LogP contribution in [0.1, 0.15) is 36.1 Å². The van der Waals surface area contributed by atoms with Crippen molar-refractivity contribution in [2.45, 2.75) is 57.6 Å². The standard InChI is InChI=1S/C35H37Cl2N3O4S/c1-24(2)38-35(42)33(21-27-13-7-5-8-14-27)39(22-28-18-19-30(36)31(37)20-28)34(41)23-40(32-17-11-12-25(3)26(32)4)45(43,44)29-15-9-6-10-16-29/h5-20,24,33H,21-23H2,1-4H3,(H,38,42). The zero-order chi connectivity index (χ0) is 32.7. The topological polar surface area (TPSA) is 86.8 Å². The van der Waals surface area contributed by atoms with Gasteiger partial charge >= 0.3 is 0 Å². The predicted molar refractivity (Wildman–Crippen MR) is 181 cm³/mol. The molecule has 0 aromatic heterocycles. The van der Waals surface area contributed by atoms with Crippen molar-refractivity contribution in [3.05, 3.63) is 129 Å². The summed E-state index contributed by atoms with van der Waals surface area (Å²) in [6, 6.07) is 26.6. The first kappa shape index (κ1) is 34.0. The molecule has 0 aliphatic carbocycles. The van der Waals surface area contributed by atoms with Crippen LogP contribution in [-0.2, 0) is 32.6 Å². The molecular weight excluding hydrogens is 629 g/mol. The Morgan fingerprint density at radius 1 is 0.800 bits per heavy atom. The van der Waals surface area contributed by atoms with Gasteiger partial charge in [-0.15, -0.1) is 0 Å². The molecule has 0 radical (unpaired) electrons. The highest BCUT2D eigenvalue weighted by Crippen LogP contribution is 2.30. The fourth-order valence-corrected chi connectivity index (χ4v) is 6.82. The molecule has 4 aromatic carbocycles. The van der Waals surface area contributed by atoms with Crippen LogP contribution in [0.2, 0.25) is 10.0 Å². The average molecular weight is 667 g/mol. The summed E-state index contributed by atoms with van der Waals surface area (Å²) in [7, 11) is -4.18. The molecule has 0 bridgehead atoms. The molecule has 2 amide bonds. The number of rotatable bonds is 12. The fourth-order valence-electron chi connectivity index (χ4n) is 5.01. The molecule has 0 saturated heterocycles. The second-order valence-electron chi connectivity index (χ2n) is 11.2. The molecule has 0 fully saturated rings. The van der Waals surface area contributed by atoms with E-state index in [1.165, 1.54) is 17.0 Å². The number of halogens is 2. The Balaban J connectivity index is 1.84. The molecule has 1 N–H and O–H groups in total. The van der Waals surface area contributed by atoms with Crippen molar-refractivity contribution in [1.29, 1.82) is 0 Å². The van der Waals surface area contributed by atoms with Gasteiger partial charge < -0.3 is 10.2 Å². The molecule has 0 saturated carbocycles. The highest BCUT2D eigenvalue weighted by Gasteiger charge is 2.35. The molecule has 0 aliphatic heterocycles. The van der Waals surface area contributed by atoms with Gasteiger partial charge in [0, 0.05) is 19.0 Å². The van der Waals surface area contributed by atoms with Crippen molar-refractivity contribution < 1.29 is 18.0 Å². The van der Waals surface area contributed by atoms with E-state index in [0.29, 0.717) is 21.3 Å². The first-order valence-electron chi connectivity index (χ1n) is 14.6. The number of hydrogen-bond acceptors (Lipinski definition) is 4. The van der Waals surface area contributed by atoms with E-state index in [9.17, 15) is 18.0 Å². The van der Waals surface area contributed by atoms with E-state index in [4.69, 9.17) is 23.2 Å². The maximum Gasteiger partial charge on any atom is 0.264 e. The zero-order valence-corrected chi connectivity index (χ0v) is 28.0. The zero-order valence-electron chi connectivity index (χ0n) is 25.7. The number of benzene rings is 4. The summed E-state index contributed by atoms with van der Waals surface area (Å²) in [6.07, 6.45) is 0.210. The normalized spacial score (nSPS) is 12.1. The maximum atomic E-state index is 14.6. The van der Waals surface area contributed by atoms with Crippen LogP contribution in [0.25, 0.3) is 0 Å². The largest absolute Gasteiger partial charge is 0.352 e. The van der Waals surface area contributed by atoms with Gasteiger partial charge in [-0.3, -0.25) is 13.9 Å². The number of nitrogens with one attached hydrogen (secondary N) is 1. The summed E-state index contributed by atoms with van der Waals surface area (Å²) in [5.41, 5.74) is 3.46. The summed E-state index contributed by atoms with van der Waals surface area (Å²) in [6.45, 7) is 6.85. The van der Waals surface area contributed by atoms with Gasteiger partial charge in [-0.2, -0.15) is 0 Å². The van der Waals surface area contributed by atoms with Crippen molar-refractivity contribution >= 4 is 50.7 Å². The van der Waals surface area contributed by atoms with E-state index < -0.39 is 28.5 Å². The molecule has 4 aromatic rings. The van der Waals surface area contributed by atoms with Crippen molar-refractivity contribution in [2.75, 3.05) is 10.8 Å². The molecule has 10 heteroatoms. The summed E-state index contributed by atoms with van der Waals surface area (Å²) in [4.78, 5) is 29.8. The number of amides is 2. The first-order valence-corrected chi connectivity index (χ1v) is 16.8. The maximum absolute atomic E-state index is 14.6. The Hall–Kier alpha value is -3.85. The second kappa shape index (κ2) is 15.0. The Kier molecular flexibility index (Phi) is 11.3. The lowest BCUT2D eigenvalue weighted by molar-refractivity contribution is -0.140. The lowest BCUT2D eigenvalue weighted by Gasteiger charge is -2.34. The summed E-state index contributed by atoms with van der Waals surface area (Å²) < 4.78 is 29.5. The van der Waals surface area contributed by atoms with E-state index in [0.717, 1.165) is 21.0 Å². The van der Waals surface area contributed by atoms with Crippen LogP contribution in [0.15, 0.2) is 102 Å². The van der Waals surface area contributed by atoms with Crippen LogP contribution in [0, 0.1) is 13.8 Å². The highest BCUT2D eigenvalue weighted by atomic mass is 35.5. The van der Waals surface area contributed by atoms with Gasteiger partial charge in [-0.1, -0.05) is 89.9 Å². The van der Waals surface area contributed by atoms with Crippen molar-refractivity contribution in [1.82, 2.24) is 10.2 Å². The van der Waals surface area contributed by atoms with Gasteiger partial charge in [0.05, 0.1) is 20.6 Å². The van der Waals surface area contributed by atoms with Gasteiger partial charge in [0.2, 0.25) is 11.8 Å². The number of aryl methyl sites for hydroxylation is 1. The molecule has 7 nitrogen and oxygen atoms in total. The highest BCUT2D eigenvalue weighted by molar-refractivity contribution is 7.92. The number of anilines is 1. The minimum atomic E-state index is -4.18. The van der Waals surface area contributed by atoms with Gasteiger partial charge in [-0.25, -0.2) is 8.42 Å². The number of sulfonamides is 1. The minimum absolute atomic E-state index is 0.00916. The van der Waals surface area contributed by atoms with E-state index in [-0.39, 0.29) is 29.8 Å². The van der Waals surface area contributed by atoms with Crippen LogP contribution in [0.4, 0.5) is 5.69 Å².